The van der Waals surface area contributed by atoms with Gasteiger partial charge in [0.1, 0.15) is 5.78 Å². The number of hydrogen-bond acceptors (Lipinski definition) is 2. The molecule has 0 amide bonds. The van der Waals surface area contributed by atoms with Crippen LogP contribution in [0.2, 0.25) is 0 Å². The van der Waals surface area contributed by atoms with Crippen LogP contribution < -0.4 is 0 Å². The molecule has 14 heavy (non-hydrogen) atoms. The van der Waals surface area contributed by atoms with Gasteiger partial charge in [-0.2, -0.15) is 0 Å². The predicted molar refractivity (Wildman–Crippen MR) is 53.0 cm³/mol. The molecular formula is C11H18O3. The van der Waals surface area contributed by atoms with Crippen molar-refractivity contribution in [3.05, 3.63) is 0 Å². The van der Waals surface area contributed by atoms with Crippen LogP contribution in [0, 0.1) is 11.3 Å². The lowest BCUT2D eigenvalue weighted by atomic mass is 9.70. The molecule has 1 unspecified atom stereocenters. The van der Waals surface area contributed by atoms with Gasteiger partial charge in [-0.1, -0.05) is 19.8 Å². The third kappa shape index (κ3) is 1.68. The van der Waals surface area contributed by atoms with Crippen molar-refractivity contribution in [2.75, 3.05) is 0 Å². The van der Waals surface area contributed by atoms with Crippen molar-refractivity contribution < 1.29 is 14.7 Å². The molecule has 0 bridgehead atoms. The van der Waals surface area contributed by atoms with Gasteiger partial charge < -0.3 is 5.11 Å². The van der Waals surface area contributed by atoms with Gasteiger partial charge in [-0.3, -0.25) is 9.59 Å². The van der Waals surface area contributed by atoms with E-state index in [9.17, 15) is 9.59 Å². The number of carbonyl (C=O) groups is 2. The maximum absolute atomic E-state index is 11.6. The molecule has 1 saturated carbocycles. The summed E-state index contributed by atoms with van der Waals surface area (Å²) in [6.45, 7) is 3.39. The number of Topliss-reactive ketones (excluding diaryl/α,β-unsaturated/α-hetero) is 1. The minimum Gasteiger partial charge on any atom is -0.481 e. The van der Waals surface area contributed by atoms with E-state index in [2.05, 4.69) is 0 Å². The van der Waals surface area contributed by atoms with Crippen LogP contribution >= 0.6 is 0 Å². The molecule has 80 valence electrons. The predicted octanol–water partition coefficient (Wildman–Crippen LogP) is 2.25. The Kier molecular flexibility index (Phi) is 3.29. The van der Waals surface area contributed by atoms with Crippen molar-refractivity contribution in [1.29, 1.82) is 0 Å². The zero-order valence-electron chi connectivity index (χ0n) is 8.88. The van der Waals surface area contributed by atoms with Crippen LogP contribution in [-0.4, -0.2) is 16.9 Å². The standard InChI is InChI=1S/C11H18O3/c1-3-9(10(13)14)11(8(2)12)6-4-5-7-11/h9H,3-7H2,1-2H3,(H,13,14). The zero-order chi connectivity index (χ0) is 10.8. The van der Waals surface area contributed by atoms with Crippen molar-refractivity contribution >= 4 is 11.8 Å². The average molecular weight is 198 g/mol. The van der Waals surface area contributed by atoms with E-state index in [1.807, 2.05) is 6.92 Å². The van der Waals surface area contributed by atoms with Crippen molar-refractivity contribution in [3.63, 3.8) is 0 Å². The molecule has 3 nitrogen and oxygen atoms in total. The molecule has 1 aliphatic rings. The molecule has 1 N–H and O–H groups in total. The highest BCUT2D eigenvalue weighted by Crippen LogP contribution is 2.46. The molecule has 0 heterocycles. The summed E-state index contributed by atoms with van der Waals surface area (Å²) < 4.78 is 0. The number of aliphatic carboxylic acids is 1. The molecule has 3 heteroatoms. The highest BCUT2D eigenvalue weighted by Gasteiger charge is 2.47. The minimum atomic E-state index is -0.815. The number of carboxylic acids is 1. The van der Waals surface area contributed by atoms with E-state index >= 15 is 0 Å². The Morgan fingerprint density at radius 1 is 1.36 bits per heavy atom. The molecule has 0 aromatic rings. The molecular weight excluding hydrogens is 180 g/mol. The van der Waals surface area contributed by atoms with Gasteiger partial charge in [-0.05, 0) is 26.2 Å². The summed E-state index contributed by atoms with van der Waals surface area (Å²) >= 11 is 0. The van der Waals surface area contributed by atoms with Crippen LogP contribution in [0.5, 0.6) is 0 Å². The summed E-state index contributed by atoms with van der Waals surface area (Å²) in [5, 5.41) is 9.10. The first kappa shape index (κ1) is 11.2. The van der Waals surface area contributed by atoms with Crippen LogP contribution in [0.4, 0.5) is 0 Å². The van der Waals surface area contributed by atoms with Gasteiger partial charge in [0, 0.05) is 5.41 Å². The second kappa shape index (κ2) is 4.11. The Morgan fingerprint density at radius 2 is 1.86 bits per heavy atom. The first-order valence-corrected chi connectivity index (χ1v) is 5.28. The Balaban J connectivity index is 2.96. The Hall–Kier alpha value is -0.860. The third-order valence-corrected chi connectivity index (χ3v) is 3.57. The van der Waals surface area contributed by atoms with Gasteiger partial charge in [-0.25, -0.2) is 0 Å². The lowest BCUT2D eigenvalue weighted by Crippen LogP contribution is -2.39. The highest BCUT2D eigenvalue weighted by molar-refractivity contribution is 5.88. The van der Waals surface area contributed by atoms with Crippen LogP contribution in [0.1, 0.15) is 46.0 Å². The lowest BCUT2D eigenvalue weighted by Gasteiger charge is -2.31. The van der Waals surface area contributed by atoms with Gasteiger partial charge in [0.05, 0.1) is 5.92 Å². The van der Waals surface area contributed by atoms with Crippen molar-refractivity contribution in [1.82, 2.24) is 0 Å². The summed E-state index contributed by atoms with van der Waals surface area (Å²) in [4.78, 5) is 22.7. The van der Waals surface area contributed by atoms with E-state index in [4.69, 9.17) is 5.11 Å². The zero-order valence-corrected chi connectivity index (χ0v) is 8.88. The van der Waals surface area contributed by atoms with Crippen LogP contribution in [-0.2, 0) is 9.59 Å². The summed E-state index contributed by atoms with van der Waals surface area (Å²) in [6, 6.07) is 0. The number of carboxylic acid groups (broad SMARTS) is 1. The van der Waals surface area contributed by atoms with Gasteiger partial charge in [0.15, 0.2) is 0 Å². The quantitative estimate of drug-likeness (QED) is 0.753. The average Bonchev–Trinajstić information content (AvgIpc) is 2.54. The molecule has 0 saturated heterocycles. The van der Waals surface area contributed by atoms with Crippen molar-refractivity contribution in [3.8, 4) is 0 Å². The SMILES string of the molecule is CCC(C(=O)O)C1(C(C)=O)CCCC1. The van der Waals surface area contributed by atoms with Gasteiger partial charge in [0.25, 0.3) is 0 Å². The normalized spacial score (nSPS) is 21.9. The first-order valence-electron chi connectivity index (χ1n) is 5.28. The molecule has 0 aliphatic heterocycles. The Bertz CT molecular complexity index is 239. The van der Waals surface area contributed by atoms with E-state index in [1.165, 1.54) is 6.92 Å². The van der Waals surface area contributed by atoms with Crippen LogP contribution in [0.3, 0.4) is 0 Å². The van der Waals surface area contributed by atoms with Crippen LogP contribution in [0.25, 0.3) is 0 Å². The smallest absolute Gasteiger partial charge is 0.307 e. The monoisotopic (exact) mass is 198 g/mol. The second-order valence-electron chi connectivity index (χ2n) is 4.22. The van der Waals surface area contributed by atoms with Crippen LogP contribution in [0.15, 0.2) is 0 Å². The molecule has 1 atom stereocenters. The van der Waals surface area contributed by atoms with E-state index in [-0.39, 0.29) is 5.78 Å². The van der Waals surface area contributed by atoms with E-state index in [0.717, 1.165) is 25.7 Å². The molecule has 0 aromatic carbocycles. The summed E-state index contributed by atoms with van der Waals surface area (Å²) in [7, 11) is 0. The van der Waals surface area contributed by atoms with Crippen molar-refractivity contribution in [2.24, 2.45) is 11.3 Å². The van der Waals surface area contributed by atoms with E-state index < -0.39 is 17.3 Å². The topological polar surface area (TPSA) is 54.4 Å². The fourth-order valence-electron chi connectivity index (χ4n) is 2.75. The number of carbonyl (C=O) groups excluding carboxylic acids is 1. The fourth-order valence-corrected chi connectivity index (χ4v) is 2.75. The largest absolute Gasteiger partial charge is 0.481 e. The number of rotatable bonds is 4. The number of hydrogen-bond donors (Lipinski definition) is 1. The highest BCUT2D eigenvalue weighted by atomic mass is 16.4. The summed E-state index contributed by atoms with van der Waals surface area (Å²) in [5.41, 5.74) is -0.555. The molecule has 0 radical (unpaired) electrons. The number of ketones is 1. The van der Waals surface area contributed by atoms with Gasteiger partial charge in [0.2, 0.25) is 0 Å². The molecule has 1 aliphatic carbocycles. The maximum Gasteiger partial charge on any atom is 0.307 e. The maximum atomic E-state index is 11.6. The minimum absolute atomic E-state index is 0.0595. The summed E-state index contributed by atoms with van der Waals surface area (Å²) in [5.74, 6) is -1.24. The Morgan fingerprint density at radius 3 is 2.14 bits per heavy atom. The Labute approximate surface area is 84.5 Å². The molecule has 0 aromatic heterocycles. The fraction of sp³-hybridized carbons (Fsp3) is 0.818. The van der Waals surface area contributed by atoms with E-state index in [1.54, 1.807) is 0 Å². The molecule has 0 spiro atoms. The summed E-state index contributed by atoms with van der Waals surface area (Å²) in [6.07, 6.45) is 4.04. The third-order valence-electron chi connectivity index (χ3n) is 3.57. The molecule has 1 fully saturated rings. The lowest BCUT2D eigenvalue weighted by molar-refractivity contribution is -0.151. The van der Waals surface area contributed by atoms with E-state index in [0.29, 0.717) is 6.42 Å². The van der Waals surface area contributed by atoms with Gasteiger partial charge in [-0.15, -0.1) is 0 Å². The van der Waals surface area contributed by atoms with Crippen molar-refractivity contribution in [2.45, 2.75) is 46.0 Å². The van der Waals surface area contributed by atoms with Gasteiger partial charge >= 0.3 is 5.97 Å². The molecule has 1 rings (SSSR count). The second-order valence-corrected chi connectivity index (χ2v) is 4.22. The first-order chi connectivity index (χ1) is 6.54.